The number of phenolic OH excluding ortho intramolecular Hbond substituents is 2. The molecule has 0 aliphatic heterocycles. The van der Waals surface area contributed by atoms with Gasteiger partial charge < -0.3 is 15.5 Å². The summed E-state index contributed by atoms with van der Waals surface area (Å²) in [6.07, 6.45) is 1.55. The molecule has 6 nitrogen and oxygen atoms in total. The van der Waals surface area contributed by atoms with Gasteiger partial charge in [0.05, 0.1) is 23.5 Å². The van der Waals surface area contributed by atoms with Crippen LogP contribution < -0.4 is 5.32 Å². The van der Waals surface area contributed by atoms with Gasteiger partial charge >= 0.3 is 0 Å². The van der Waals surface area contributed by atoms with Crippen LogP contribution in [0.1, 0.15) is 28.1 Å². The van der Waals surface area contributed by atoms with E-state index in [0.29, 0.717) is 53.3 Å². The van der Waals surface area contributed by atoms with Gasteiger partial charge in [0, 0.05) is 17.5 Å². The number of hydrogen-bond acceptors (Lipinski definition) is 5. The zero-order valence-electron chi connectivity index (χ0n) is 18.3. The fourth-order valence-corrected chi connectivity index (χ4v) is 4.21. The lowest BCUT2D eigenvalue weighted by Crippen LogP contribution is -2.20. The molecule has 0 spiro atoms. The quantitative estimate of drug-likeness (QED) is 0.384. The number of amides is 1. The second kappa shape index (κ2) is 8.94. The average molecular weight is 455 g/mol. The summed E-state index contributed by atoms with van der Waals surface area (Å²) in [6.45, 7) is 0. The van der Waals surface area contributed by atoms with Gasteiger partial charge in [-0.05, 0) is 48.2 Å². The van der Waals surface area contributed by atoms with Gasteiger partial charge in [-0.3, -0.25) is 4.79 Å². The van der Waals surface area contributed by atoms with Crippen LogP contribution in [0.5, 0.6) is 11.5 Å². The van der Waals surface area contributed by atoms with E-state index in [9.17, 15) is 19.4 Å². The molecule has 34 heavy (non-hydrogen) atoms. The molecule has 3 aromatic carbocycles. The van der Waals surface area contributed by atoms with Crippen LogP contribution in [0, 0.1) is 5.82 Å². The van der Waals surface area contributed by atoms with Gasteiger partial charge in [-0.25, -0.2) is 14.4 Å². The molecule has 170 valence electrons. The standard InChI is InChI=1S/C27H22FN3O3/c28-18-8-6-17(7-9-18)15-24(33)31-27-22(14-16-4-2-1-3-5-16)29-25-19-11-13-23(32)26(34)20(19)10-12-21(25)30-27/h1-9,11,13,32,34H,10,12,14-15H2,(H,30,31,33). The number of aromatic hydroxyl groups is 2. The summed E-state index contributed by atoms with van der Waals surface area (Å²) in [5, 5.41) is 23.1. The highest BCUT2D eigenvalue weighted by Crippen LogP contribution is 2.41. The fourth-order valence-electron chi connectivity index (χ4n) is 4.21. The summed E-state index contributed by atoms with van der Waals surface area (Å²) in [5.41, 5.74) is 5.01. The minimum Gasteiger partial charge on any atom is -0.504 e. The molecular weight excluding hydrogens is 433 g/mol. The highest BCUT2D eigenvalue weighted by molar-refractivity contribution is 5.92. The molecule has 0 atom stereocenters. The molecule has 1 heterocycles. The molecule has 0 bridgehead atoms. The van der Waals surface area contributed by atoms with E-state index in [1.807, 2.05) is 30.3 Å². The molecule has 5 rings (SSSR count). The lowest BCUT2D eigenvalue weighted by molar-refractivity contribution is -0.115. The Bertz CT molecular complexity index is 1370. The molecule has 4 aromatic rings. The summed E-state index contributed by atoms with van der Waals surface area (Å²) in [7, 11) is 0. The summed E-state index contributed by atoms with van der Waals surface area (Å²) in [4.78, 5) is 22.4. The van der Waals surface area contributed by atoms with Crippen LogP contribution in [0.3, 0.4) is 0 Å². The van der Waals surface area contributed by atoms with E-state index in [4.69, 9.17) is 9.97 Å². The molecule has 3 N–H and O–H groups in total. The zero-order valence-corrected chi connectivity index (χ0v) is 18.3. The molecule has 0 saturated heterocycles. The maximum Gasteiger partial charge on any atom is 0.229 e. The van der Waals surface area contributed by atoms with E-state index in [1.54, 1.807) is 18.2 Å². The largest absolute Gasteiger partial charge is 0.504 e. The van der Waals surface area contributed by atoms with Crippen LogP contribution in [-0.2, 0) is 30.5 Å². The zero-order chi connectivity index (χ0) is 23.7. The number of nitrogens with zero attached hydrogens (tertiary/aromatic N) is 2. The van der Waals surface area contributed by atoms with Crippen molar-refractivity contribution in [3.8, 4) is 22.8 Å². The van der Waals surface area contributed by atoms with Crippen molar-refractivity contribution in [1.82, 2.24) is 9.97 Å². The number of aromatic nitrogens is 2. The van der Waals surface area contributed by atoms with E-state index >= 15 is 0 Å². The second-order valence-electron chi connectivity index (χ2n) is 8.29. The van der Waals surface area contributed by atoms with Crippen molar-refractivity contribution < 1.29 is 19.4 Å². The predicted octanol–water partition coefficient (Wildman–Crippen LogP) is 4.56. The first-order valence-corrected chi connectivity index (χ1v) is 11.0. The minimum atomic E-state index is -0.352. The molecule has 1 aromatic heterocycles. The average Bonchev–Trinajstić information content (AvgIpc) is 2.84. The van der Waals surface area contributed by atoms with Crippen LogP contribution in [0.25, 0.3) is 11.3 Å². The number of carbonyl (C=O) groups excluding carboxylic acids is 1. The van der Waals surface area contributed by atoms with Crippen molar-refractivity contribution in [3.63, 3.8) is 0 Å². The molecule has 1 aliphatic carbocycles. The Labute approximate surface area is 195 Å². The number of anilines is 1. The van der Waals surface area contributed by atoms with Gasteiger partial charge in [0.2, 0.25) is 5.91 Å². The maximum atomic E-state index is 13.2. The Morgan fingerprint density at radius 1 is 0.912 bits per heavy atom. The van der Waals surface area contributed by atoms with Crippen LogP contribution >= 0.6 is 0 Å². The van der Waals surface area contributed by atoms with Gasteiger partial charge in [0.1, 0.15) is 5.82 Å². The molecule has 0 unspecified atom stereocenters. The SMILES string of the molecule is O=C(Cc1ccc(F)cc1)Nc1nc2c(nc1Cc1ccccc1)-c1ccc(O)c(O)c1CC2. The van der Waals surface area contributed by atoms with Gasteiger partial charge in [0.15, 0.2) is 17.3 Å². The topological polar surface area (TPSA) is 95.3 Å². The van der Waals surface area contributed by atoms with Crippen molar-refractivity contribution in [3.05, 3.63) is 101 Å². The van der Waals surface area contributed by atoms with Crippen LogP contribution in [-0.4, -0.2) is 26.1 Å². The molecule has 7 heteroatoms. The van der Waals surface area contributed by atoms with Gasteiger partial charge in [0.25, 0.3) is 0 Å². The summed E-state index contributed by atoms with van der Waals surface area (Å²) < 4.78 is 13.2. The number of hydrogen-bond donors (Lipinski definition) is 3. The van der Waals surface area contributed by atoms with E-state index < -0.39 is 0 Å². The Morgan fingerprint density at radius 3 is 2.44 bits per heavy atom. The van der Waals surface area contributed by atoms with Crippen molar-refractivity contribution in [2.45, 2.75) is 25.7 Å². The van der Waals surface area contributed by atoms with Gasteiger partial charge in [-0.15, -0.1) is 0 Å². The third-order valence-electron chi connectivity index (χ3n) is 5.92. The first kappa shape index (κ1) is 21.6. The second-order valence-corrected chi connectivity index (χ2v) is 8.29. The fraction of sp³-hybridized carbons (Fsp3) is 0.148. The lowest BCUT2D eigenvalue weighted by Gasteiger charge is -2.22. The van der Waals surface area contributed by atoms with E-state index in [0.717, 1.165) is 11.1 Å². The molecule has 1 aliphatic rings. The van der Waals surface area contributed by atoms with Crippen LogP contribution in [0.15, 0.2) is 66.7 Å². The van der Waals surface area contributed by atoms with Crippen LogP contribution in [0.2, 0.25) is 0 Å². The third kappa shape index (κ3) is 4.32. The first-order valence-electron chi connectivity index (χ1n) is 11.0. The van der Waals surface area contributed by atoms with Crippen molar-refractivity contribution in [2.24, 2.45) is 0 Å². The Kier molecular flexibility index (Phi) is 5.67. The molecular formula is C27H22FN3O3. The molecule has 0 radical (unpaired) electrons. The Morgan fingerprint density at radius 2 is 1.68 bits per heavy atom. The monoisotopic (exact) mass is 455 g/mol. The van der Waals surface area contributed by atoms with Gasteiger partial charge in [-0.1, -0.05) is 42.5 Å². The van der Waals surface area contributed by atoms with Crippen LogP contribution in [0.4, 0.5) is 10.2 Å². The van der Waals surface area contributed by atoms with Crippen molar-refractivity contribution in [2.75, 3.05) is 5.32 Å². The predicted molar refractivity (Wildman–Crippen MR) is 126 cm³/mol. The Balaban J connectivity index is 1.52. The smallest absolute Gasteiger partial charge is 0.229 e. The molecule has 1 amide bonds. The number of benzene rings is 3. The number of fused-ring (bicyclic) bond motifs is 3. The lowest BCUT2D eigenvalue weighted by atomic mass is 9.90. The minimum absolute atomic E-state index is 0.0831. The highest BCUT2D eigenvalue weighted by Gasteiger charge is 2.25. The van der Waals surface area contributed by atoms with E-state index in [2.05, 4.69) is 5.32 Å². The molecule has 0 saturated carbocycles. The van der Waals surface area contributed by atoms with E-state index in [-0.39, 0.29) is 29.6 Å². The maximum absolute atomic E-state index is 13.2. The Hall–Kier alpha value is -4.26. The molecule has 0 fully saturated rings. The summed E-state index contributed by atoms with van der Waals surface area (Å²) in [6, 6.07) is 18.7. The van der Waals surface area contributed by atoms with Crippen molar-refractivity contribution >= 4 is 11.7 Å². The number of halogens is 1. The normalized spacial score (nSPS) is 12.0. The van der Waals surface area contributed by atoms with Crippen molar-refractivity contribution in [1.29, 1.82) is 0 Å². The number of carbonyl (C=O) groups is 1. The van der Waals surface area contributed by atoms with Gasteiger partial charge in [-0.2, -0.15) is 0 Å². The third-order valence-corrected chi connectivity index (χ3v) is 5.92. The number of phenols is 2. The number of aryl methyl sites for hydroxylation is 1. The summed E-state index contributed by atoms with van der Waals surface area (Å²) in [5.74, 6) is -0.528. The number of rotatable bonds is 5. The first-order chi connectivity index (χ1) is 16.5. The summed E-state index contributed by atoms with van der Waals surface area (Å²) >= 11 is 0. The van der Waals surface area contributed by atoms with E-state index in [1.165, 1.54) is 18.2 Å². The highest BCUT2D eigenvalue weighted by atomic mass is 19.1. The number of nitrogens with one attached hydrogen (secondary N) is 1.